The maximum atomic E-state index is 11.2. The zero-order valence-corrected chi connectivity index (χ0v) is 8.91. The lowest BCUT2D eigenvalue weighted by Crippen LogP contribution is -2.55. The average Bonchev–Trinajstić information content (AvgIpc) is 2.26. The van der Waals surface area contributed by atoms with Gasteiger partial charge in [0.15, 0.2) is 0 Å². The van der Waals surface area contributed by atoms with Gasteiger partial charge < -0.3 is 4.74 Å². The van der Waals surface area contributed by atoms with Crippen LogP contribution in [0.1, 0.15) is 6.42 Å². The number of carbonyl (C=O) groups is 3. The summed E-state index contributed by atoms with van der Waals surface area (Å²) in [6.07, 6.45) is 0.0265. The molecule has 1 atom stereocenters. The summed E-state index contributed by atoms with van der Waals surface area (Å²) in [5.41, 5.74) is 2.33. The van der Waals surface area contributed by atoms with Crippen LogP contribution >= 0.6 is 11.6 Å². The van der Waals surface area contributed by atoms with Crippen LogP contribution in [0.3, 0.4) is 0 Å². The quantitative estimate of drug-likeness (QED) is 0.505. The van der Waals surface area contributed by atoms with Crippen molar-refractivity contribution in [2.75, 3.05) is 19.5 Å². The molecule has 0 bridgehead atoms. The first-order chi connectivity index (χ1) is 7.08. The number of amides is 2. The Labute approximate surface area is 91.5 Å². The van der Waals surface area contributed by atoms with Gasteiger partial charge in [0.2, 0.25) is 5.91 Å². The number of ether oxygens (including phenoxy) is 1. The molecule has 0 spiro atoms. The molecule has 1 N–H and O–H groups in total. The number of rotatable bonds is 2. The topological polar surface area (TPSA) is 75.7 Å². The van der Waals surface area contributed by atoms with Crippen LogP contribution in [0.2, 0.25) is 0 Å². The fourth-order valence-corrected chi connectivity index (χ4v) is 1.46. The molecule has 1 aliphatic heterocycles. The molecule has 0 aromatic rings. The Morgan fingerprint density at radius 2 is 2.33 bits per heavy atom. The van der Waals surface area contributed by atoms with Crippen LogP contribution in [0.15, 0.2) is 0 Å². The zero-order valence-electron chi connectivity index (χ0n) is 8.16. The molecule has 7 heteroatoms. The van der Waals surface area contributed by atoms with E-state index in [0.717, 1.165) is 5.01 Å². The number of hydrazine groups is 1. The molecule has 0 aliphatic carbocycles. The second kappa shape index (κ2) is 4.97. The molecule has 1 rings (SSSR count). The molecule has 6 nitrogen and oxygen atoms in total. The van der Waals surface area contributed by atoms with E-state index in [0.29, 0.717) is 0 Å². The maximum absolute atomic E-state index is 11.2. The Bertz CT molecular complexity index is 268. The summed E-state index contributed by atoms with van der Waals surface area (Å²) in [5, 5.41) is 1.04. The first-order valence-corrected chi connectivity index (χ1v) is 4.85. The summed E-state index contributed by atoms with van der Waals surface area (Å²) in [6, 6.07) is 0. The van der Waals surface area contributed by atoms with Crippen LogP contribution in [-0.2, 0) is 19.1 Å². The summed E-state index contributed by atoms with van der Waals surface area (Å²) in [5.74, 6) is -2.20. The number of nitrogens with one attached hydrogen (secondary N) is 1. The fraction of sp³-hybridized carbons (Fsp3) is 0.625. The second-order valence-electron chi connectivity index (χ2n) is 3.10. The number of halogens is 1. The predicted octanol–water partition coefficient (Wildman–Crippen LogP) is -0.722. The Morgan fingerprint density at radius 3 is 2.87 bits per heavy atom. The van der Waals surface area contributed by atoms with Gasteiger partial charge in [-0.25, -0.2) is 0 Å². The molecule has 0 aromatic heterocycles. The lowest BCUT2D eigenvalue weighted by atomic mass is 10.0. The fourth-order valence-electron chi connectivity index (χ4n) is 1.31. The number of carbonyl (C=O) groups excluding carboxylic acids is 3. The van der Waals surface area contributed by atoms with Crippen molar-refractivity contribution in [2.45, 2.75) is 6.42 Å². The molecule has 1 aliphatic rings. The third-order valence-corrected chi connectivity index (χ3v) is 2.27. The van der Waals surface area contributed by atoms with E-state index < -0.39 is 23.7 Å². The van der Waals surface area contributed by atoms with E-state index in [1.807, 2.05) is 0 Å². The Kier molecular flexibility index (Phi) is 3.90. The lowest BCUT2D eigenvalue weighted by Gasteiger charge is -2.30. The largest absolute Gasteiger partial charge is 0.469 e. The van der Waals surface area contributed by atoms with Crippen molar-refractivity contribution in [3.05, 3.63) is 0 Å². The van der Waals surface area contributed by atoms with Gasteiger partial charge in [-0.2, -0.15) is 0 Å². The smallest absolute Gasteiger partial charge is 0.311 e. The third kappa shape index (κ3) is 2.82. The van der Waals surface area contributed by atoms with Crippen molar-refractivity contribution in [3.63, 3.8) is 0 Å². The Hall–Kier alpha value is -1.30. The summed E-state index contributed by atoms with van der Waals surface area (Å²) < 4.78 is 4.51. The molecule has 1 fully saturated rings. The van der Waals surface area contributed by atoms with Gasteiger partial charge in [0, 0.05) is 6.42 Å². The van der Waals surface area contributed by atoms with Crippen molar-refractivity contribution < 1.29 is 19.1 Å². The summed E-state index contributed by atoms with van der Waals surface area (Å²) in [7, 11) is 1.24. The number of methoxy groups -OCH3 is 1. The Morgan fingerprint density at radius 1 is 1.67 bits per heavy atom. The van der Waals surface area contributed by atoms with Gasteiger partial charge in [-0.1, -0.05) is 0 Å². The highest BCUT2D eigenvalue weighted by Gasteiger charge is 2.32. The first-order valence-electron chi connectivity index (χ1n) is 4.32. The summed E-state index contributed by atoms with van der Waals surface area (Å²) >= 11 is 5.34. The number of nitrogens with zero attached hydrogens (tertiary/aromatic N) is 1. The van der Waals surface area contributed by atoms with Crippen molar-refractivity contribution in [3.8, 4) is 0 Å². The minimum atomic E-state index is -0.615. The SMILES string of the molecule is COC(=O)C1CC(=O)NN(C(=O)CCl)C1. The second-order valence-corrected chi connectivity index (χ2v) is 3.36. The molecule has 0 saturated carbocycles. The molecule has 84 valence electrons. The monoisotopic (exact) mass is 234 g/mol. The van der Waals surface area contributed by atoms with E-state index in [9.17, 15) is 14.4 Å². The van der Waals surface area contributed by atoms with E-state index >= 15 is 0 Å². The molecule has 1 heterocycles. The van der Waals surface area contributed by atoms with Gasteiger partial charge in [0.05, 0.1) is 19.6 Å². The number of esters is 1. The number of hydrogen-bond acceptors (Lipinski definition) is 4. The lowest BCUT2D eigenvalue weighted by molar-refractivity contribution is -0.156. The highest BCUT2D eigenvalue weighted by atomic mass is 35.5. The van der Waals surface area contributed by atoms with Crippen molar-refractivity contribution >= 4 is 29.4 Å². The summed E-state index contributed by atoms with van der Waals surface area (Å²) in [6.45, 7) is 0.101. The van der Waals surface area contributed by atoms with Gasteiger partial charge in [0.25, 0.3) is 5.91 Å². The van der Waals surface area contributed by atoms with E-state index in [2.05, 4.69) is 10.2 Å². The van der Waals surface area contributed by atoms with Crippen LogP contribution < -0.4 is 5.43 Å². The molecular weight excluding hydrogens is 224 g/mol. The minimum absolute atomic E-state index is 0.0265. The van der Waals surface area contributed by atoms with E-state index in [4.69, 9.17) is 11.6 Å². The molecule has 1 saturated heterocycles. The molecule has 15 heavy (non-hydrogen) atoms. The molecular formula is C8H11ClN2O4. The van der Waals surface area contributed by atoms with Crippen LogP contribution in [0.25, 0.3) is 0 Å². The normalized spacial score (nSPS) is 20.8. The molecule has 0 radical (unpaired) electrons. The third-order valence-electron chi connectivity index (χ3n) is 2.04. The Balaban J connectivity index is 2.67. The van der Waals surface area contributed by atoms with E-state index in [1.54, 1.807) is 0 Å². The van der Waals surface area contributed by atoms with Crippen LogP contribution in [0.5, 0.6) is 0 Å². The van der Waals surface area contributed by atoms with Crippen LogP contribution in [0.4, 0.5) is 0 Å². The van der Waals surface area contributed by atoms with Crippen molar-refractivity contribution in [1.82, 2.24) is 10.4 Å². The van der Waals surface area contributed by atoms with Crippen LogP contribution in [0, 0.1) is 5.92 Å². The average molecular weight is 235 g/mol. The predicted molar refractivity (Wildman–Crippen MR) is 50.7 cm³/mol. The summed E-state index contributed by atoms with van der Waals surface area (Å²) in [4.78, 5) is 33.6. The number of hydrogen-bond donors (Lipinski definition) is 1. The molecule has 0 aromatic carbocycles. The van der Waals surface area contributed by atoms with Crippen molar-refractivity contribution in [2.24, 2.45) is 5.92 Å². The molecule has 2 amide bonds. The highest BCUT2D eigenvalue weighted by molar-refractivity contribution is 6.27. The van der Waals surface area contributed by atoms with Gasteiger partial charge >= 0.3 is 5.97 Å². The van der Waals surface area contributed by atoms with Crippen LogP contribution in [-0.4, -0.2) is 42.3 Å². The van der Waals surface area contributed by atoms with E-state index in [1.165, 1.54) is 7.11 Å². The van der Waals surface area contributed by atoms with Gasteiger partial charge in [-0.3, -0.25) is 24.8 Å². The maximum Gasteiger partial charge on any atom is 0.311 e. The molecule has 1 unspecified atom stereocenters. The first kappa shape index (κ1) is 11.8. The number of alkyl halides is 1. The van der Waals surface area contributed by atoms with E-state index in [-0.39, 0.29) is 18.8 Å². The van der Waals surface area contributed by atoms with Gasteiger partial charge in [-0.15, -0.1) is 11.6 Å². The standard InChI is InChI=1S/C8H11ClN2O4/c1-15-8(14)5-2-6(12)10-11(4-5)7(13)3-9/h5H,2-4H2,1H3,(H,10,12). The van der Waals surface area contributed by atoms with Gasteiger partial charge in [-0.05, 0) is 0 Å². The minimum Gasteiger partial charge on any atom is -0.469 e. The highest BCUT2D eigenvalue weighted by Crippen LogP contribution is 2.12. The van der Waals surface area contributed by atoms with Crippen molar-refractivity contribution in [1.29, 1.82) is 0 Å². The van der Waals surface area contributed by atoms with Gasteiger partial charge in [0.1, 0.15) is 5.88 Å². The zero-order chi connectivity index (χ0) is 11.4.